The zero-order chi connectivity index (χ0) is 23.5. The number of aliphatic carboxylic acids is 2. The fourth-order valence-electron chi connectivity index (χ4n) is 3.48. The van der Waals surface area contributed by atoms with E-state index in [1.165, 1.54) is 5.56 Å². The predicted molar refractivity (Wildman–Crippen MR) is 118 cm³/mol. The fraction of sp³-hybridized carbons (Fsp3) is 0.391. The molecule has 1 heterocycles. The highest BCUT2D eigenvalue weighted by atomic mass is 16.5. The van der Waals surface area contributed by atoms with Crippen LogP contribution in [0.2, 0.25) is 0 Å². The Balaban J connectivity index is 0.000000534. The minimum atomic E-state index is -1.82. The van der Waals surface area contributed by atoms with Crippen LogP contribution in [0.3, 0.4) is 0 Å². The second kappa shape index (κ2) is 12.5. The van der Waals surface area contributed by atoms with Crippen LogP contribution < -0.4 is 14.2 Å². The van der Waals surface area contributed by atoms with Gasteiger partial charge in [0.2, 0.25) is 5.75 Å². The first-order chi connectivity index (χ1) is 15.4. The highest BCUT2D eigenvalue weighted by Crippen LogP contribution is 2.40. The minimum absolute atomic E-state index is 0.662. The molecule has 0 amide bonds. The summed E-state index contributed by atoms with van der Waals surface area (Å²) in [4.78, 5) is 23.2. The number of hydrogen-bond donors (Lipinski definition) is 2. The van der Waals surface area contributed by atoms with Crippen LogP contribution in [0.15, 0.2) is 42.5 Å². The molecule has 2 N–H and O–H groups in total. The molecule has 2 aromatic carbocycles. The van der Waals surface area contributed by atoms with Crippen LogP contribution >= 0.6 is 0 Å². The molecule has 32 heavy (non-hydrogen) atoms. The third-order valence-corrected chi connectivity index (χ3v) is 5.08. The van der Waals surface area contributed by atoms with Gasteiger partial charge in [-0.05, 0) is 11.6 Å². The number of rotatable bonds is 7. The lowest BCUT2D eigenvalue weighted by Crippen LogP contribution is -2.45. The first-order valence-electron chi connectivity index (χ1n) is 10.1. The van der Waals surface area contributed by atoms with E-state index in [2.05, 4.69) is 46.2 Å². The van der Waals surface area contributed by atoms with Gasteiger partial charge in [0, 0.05) is 44.8 Å². The summed E-state index contributed by atoms with van der Waals surface area (Å²) in [6.45, 7) is 6.11. The van der Waals surface area contributed by atoms with Crippen molar-refractivity contribution in [2.75, 3.05) is 47.5 Å². The Morgan fingerprint density at radius 2 is 1.28 bits per heavy atom. The van der Waals surface area contributed by atoms with Gasteiger partial charge in [0.25, 0.3) is 0 Å². The number of hydrogen-bond acceptors (Lipinski definition) is 7. The summed E-state index contributed by atoms with van der Waals surface area (Å²) in [5.74, 6) is -1.53. The van der Waals surface area contributed by atoms with Crippen molar-refractivity contribution in [3.8, 4) is 17.2 Å². The standard InChI is InChI=1S/C21H28N2O3.C2H2O4/c1-24-19-10-9-18(20(25-2)21(19)26-3)16-23-13-11-22(12-14-23)15-17-7-5-4-6-8-17;3-1(4)2(5)6/h4-10H,11-16H2,1-3H3;(H,3,4)(H,5,6). The van der Waals surface area contributed by atoms with Gasteiger partial charge in [0.1, 0.15) is 0 Å². The molecule has 174 valence electrons. The molecule has 0 unspecified atom stereocenters. The topological polar surface area (TPSA) is 109 Å². The van der Waals surface area contributed by atoms with Crippen molar-refractivity contribution in [2.45, 2.75) is 13.1 Å². The Bertz CT molecular complexity index is 869. The molecular weight excluding hydrogens is 416 g/mol. The van der Waals surface area contributed by atoms with Crippen molar-refractivity contribution >= 4 is 11.9 Å². The first-order valence-corrected chi connectivity index (χ1v) is 10.1. The molecule has 0 bridgehead atoms. The number of ether oxygens (including phenoxy) is 3. The van der Waals surface area contributed by atoms with Crippen LogP contribution in [0.25, 0.3) is 0 Å². The smallest absolute Gasteiger partial charge is 0.414 e. The van der Waals surface area contributed by atoms with E-state index in [9.17, 15) is 0 Å². The number of methoxy groups -OCH3 is 3. The largest absolute Gasteiger partial charge is 0.493 e. The van der Waals surface area contributed by atoms with Gasteiger partial charge in [-0.3, -0.25) is 9.80 Å². The quantitative estimate of drug-likeness (QED) is 0.619. The van der Waals surface area contributed by atoms with Gasteiger partial charge in [-0.1, -0.05) is 36.4 Å². The lowest BCUT2D eigenvalue weighted by molar-refractivity contribution is -0.159. The normalized spacial score (nSPS) is 14.1. The van der Waals surface area contributed by atoms with Gasteiger partial charge in [-0.15, -0.1) is 0 Å². The Labute approximate surface area is 187 Å². The third-order valence-electron chi connectivity index (χ3n) is 5.08. The number of carboxylic acid groups (broad SMARTS) is 2. The van der Waals surface area contributed by atoms with Crippen molar-refractivity contribution in [1.29, 1.82) is 0 Å². The van der Waals surface area contributed by atoms with Crippen molar-refractivity contribution < 1.29 is 34.0 Å². The van der Waals surface area contributed by atoms with E-state index in [1.54, 1.807) is 21.3 Å². The second-order valence-corrected chi connectivity index (χ2v) is 7.14. The van der Waals surface area contributed by atoms with Gasteiger partial charge in [0.05, 0.1) is 21.3 Å². The van der Waals surface area contributed by atoms with Gasteiger partial charge in [-0.25, -0.2) is 9.59 Å². The molecule has 1 fully saturated rings. The number of benzene rings is 2. The molecule has 0 aliphatic carbocycles. The third kappa shape index (κ3) is 7.14. The molecule has 1 saturated heterocycles. The Kier molecular flexibility index (Phi) is 9.77. The Morgan fingerprint density at radius 1 is 0.750 bits per heavy atom. The zero-order valence-electron chi connectivity index (χ0n) is 18.6. The molecule has 3 rings (SSSR count). The highest BCUT2D eigenvalue weighted by molar-refractivity contribution is 6.27. The Morgan fingerprint density at radius 3 is 1.75 bits per heavy atom. The molecule has 9 heteroatoms. The molecule has 0 saturated carbocycles. The van der Waals surface area contributed by atoms with Crippen LogP contribution in [0.1, 0.15) is 11.1 Å². The van der Waals surface area contributed by atoms with E-state index in [0.29, 0.717) is 11.5 Å². The van der Waals surface area contributed by atoms with Crippen LogP contribution in [-0.2, 0) is 22.7 Å². The van der Waals surface area contributed by atoms with Crippen molar-refractivity contribution in [3.63, 3.8) is 0 Å². The molecule has 1 aliphatic rings. The number of carboxylic acids is 2. The van der Waals surface area contributed by atoms with E-state index in [1.807, 2.05) is 6.07 Å². The van der Waals surface area contributed by atoms with Crippen molar-refractivity contribution in [3.05, 3.63) is 53.6 Å². The summed E-state index contributed by atoms with van der Waals surface area (Å²) in [6.07, 6.45) is 0. The number of carbonyl (C=O) groups is 2. The summed E-state index contributed by atoms with van der Waals surface area (Å²) in [7, 11) is 4.97. The van der Waals surface area contributed by atoms with Crippen LogP contribution in [0.5, 0.6) is 17.2 Å². The van der Waals surface area contributed by atoms with E-state index >= 15 is 0 Å². The van der Waals surface area contributed by atoms with E-state index in [-0.39, 0.29) is 0 Å². The summed E-state index contributed by atoms with van der Waals surface area (Å²) in [5.41, 5.74) is 2.50. The number of nitrogens with zero attached hydrogens (tertiary/aromatic N) is 2. The summed E-state index contributed by atoms with van der Waals surface area (Å²) in [6, 6.07) is 14.7. The van der Waals surface area contributed by atoms with Crippen LogP contribution in [-0.4, -0.2) is 79.5 Å². The summed E-state index contributed by atoms with van der Waals surface area (Å²) < 4.78 is 16.5. The zero-order valence-corrected chi connectivity index (χ0v) is 18.6. The average molecular weight is 447 g/mol. The highest BCUT2D eigenvalue weighted by Gasteiger charge is 2.21. The maximum atomic E-state index is 9.10. The number of piperazine rings is 1. The summed E-state index contributed by atoms with van der Waals surface area (Å²) >= 11 is 0. The van der Waals surface area contributed by atoms with Crippen LogP contribution in [0.4, 0.5) is 0 Å². The maximum absolute atomic E-state index is 9.10. The van der Waals surface area contributed by atoms with E-state index < -0.39 is 11.9 Å². The lowest BCUT2D eigenvalue weighted by Gasteiger charge is -2.35. The maximum Gasteiger partial charge on any atom is 0.414 e. The van der Waals surface area contributed by atoms with E-state index in [4.69, 9.17) is 34.0 Å². The van der Waals surface area contributed by atoms with E-state index in [0.717, 1.165) is 50.6 Å². The SMILES string of the molecule is COc1ccc(CN2CCN(Cc3ccccc3)CC2)c(OC)c1OC.O=C(O)C(=O)O. The molecule has 0 atom stereocenters. The van der Waals surface area contributed by atoms with Gasteiger partial charge in [-0.2, -0.15) is 0 Å². The molecule has 0 spiro atoms. The fourth-order valence-corrected chi connectivity index (χ4v) is 3.48. The average Bonchev–Trinajstić information content (AvgIpc) is 2.81. The predicted octanol–water partition coefficient (Wildman–Crippen LogP) is 2.19. The molecule has 0 radical (unpaired) electrons. The van der Waals surface area contributed by atoms with Crippen molar-refractivity contribution in [1.82, 2.24) is 9.80 Å². The minimum Gasteiger partial charge on any atom is -0.493 e. The monoisotopic (exact) mass is 446 g/mol. The van der Waals surface area contributed by atoms with Crippen LogP contribution in [0, 0.1) is 0 Å². The summed E-state index contributed by atoms with van der Waals surface area (Å²) in [5, 5.41) is 14.8. The molecular formula is C23H30N2O7. The second-order valence-electron chi connectivity index (χ2n) is 7.14. The molecule has 9 nitrogen and oxygen atoms in total. The van der Waals surface area contributed by atoms with Gasteiger partial charge >= 0.3 is 11.9 Å². The van der Waals surface area contributed by atoms with Gasteiger partial charge in [0.15, 0.2) is 11.5 Å². The first kappa shape index (κ1) is 25.0. The Hall–Kier alpha value is -3.30. The molecule has 0 aromatic heterocycles. The lowest BCUT2D eigenvalue weighted by atomic mass is 10.1. The van der Waals surface area contributed by atoms with Crippen molar-refractivity contribution in [2.24, 2.45) is 0 Å². The van der Waals surface area contributed by atoms with Gasteiger partial charge < -0.3 is 24.4 Å². The molecule has 2 aromatic rings. The molecule has 1 aliphatic heterocycles.